The number of benzene rings is 2. The van der Waals surface area contributed by atoms with Crippen molar-refractivity contribution < 1.29 is 24.2 Å². The highest BCUT2D eigenvalue weighted by molar-refractivity contribution is 5.96. The van der Waals surface area contributed by atoms with Crippen molar-refractivity contribution in [1.29, 1.82) is 0 Å². The summed E-state index contributed by atoms with van der Waals surface area (Å²) in [7, 11) is 0. The van der Waals surface area contributed by atoms with Crippen molar-refractivity contribution >= 4 is 12.1 Å². The van der Waals surface area contributed by atoms with E-state index in [1.165, 1.54) is 0 Å². The number of hydrogen-bond acceptors (Lipinski definition) is 5. The Kier molecular flexibility index (Phi) is 6.82. The first kappa shape index (κ1) is 24.3. The van der Waals surface area contributed by atoms with Crippen LogP contribution in [0.4, 0.5) is 4.79 Å². The summed E-state index contributed by atoms with van der Waals surface area (Å²) in [6.45, 7) is 8.38. The lowest BCUT2D eigenvalue weighted by Gasteiger charge is -2.24. The van der Waals surface area contributed by atoms with Crippen molar-refractivity contribution in [1.82, 2.24) is 14.7 Å². The second-order valence-electron chi connectivity index (χ2n) is 9.58. The van der Waals surface area contributed by atoms with Crippen molar-refractivity contribution in [2.75, 3.05) is 13.1 Å². The van der Waals surface area contributed by atoms with Crippen LogP contribution in [0, 0.1) is 0 Å². The van der Waals surface area contributed by atoms with Gasteiger partial charge in [-0.2, -0.15) is 5.10 Å². The molecular weight excluding hydrogens is 446 g/mol. The minimum Gasteiger partial charge on any atom is -0.478 e. The number of hydrogen-bond donors (Lipinski definition) is 1. The van der Waals surface area contributed by atoms with Crippen molar-refractivity contribution in [3.63, 3.8) is 0 Å². The minimum atomic E-state index is -1.02. The van der Waals surface area contributed by atoms with Crippen LogP contribution in [0.1, 0.15) is 56.2 Å². The molecule has 0 radical (unpaired) electrons. The number of amides is 1. The number of rotatable bonds is 6. The highest BCUT2D eigenvalue weighted by atomic mass is 16.6. The van der Waals surface area contributed by atoms with E-state index in [9.17, 15) is 14.7 Å². The standard InChI is InChI=1S/C27H31N3O5/c1-5-22-23(25(31)32)24(18-11-13-21(14-12-18)34-20-9-7-6-8-10-20)28-30(22)19-15-16-29(17-19)26(33)35-27(2,3)4/h6-14,19H,5,15-17H2,1-4H3,(H,31,32)/t19-/m0/s1. The third-order valence-electron chi connectivity index (χ3n) is 5.83. The average molecular weight is 478 g/mol. The maximum atomic E-state index is 12.5. The van der Waals surface area contributed by atoms with E-state index in [0.29, 0.717) is 48.6 Å². The lowest BCUT2D eigenvalue weighted by atomic mass is 10.0. The molecule has 0 spiro atoms. The van der Waals surface area contributed by atoms with E-state index < -0.39 is 11.6 Å². The Labute approximate surface area is 205 Å². The molecule has 0 unspecified atom stereocenters. The van der Waals surface area contributed by atoms with Crippen molar-refractivity contribution in [2.45, 2.75) is 52.2 Å². The van der Waals surface area contributed by atoms with Gasteiger partial charge in [-0.1, -0.05) is 25.1 Å². The Morgan fingerprint density at radius 2 is 1.71 bits per heavy atom. The van der Waals surface area contributed by atoms with Gasteiger partial charge in [0.25, 0.3) is 0 Å². The molecule has 1 fully saturated rings. The summed E-state index contributed by atoms with van der Waals surface area (Å²) in [5, 5.41) is 14.8. The van der Waals surface area contributed by atoms with Gasteiger partial charge in [0.05, 0.1) is 11.7 Å². The van der Waals surface area contributed by atoms with E-state index in [1.54, 1.807) is 21.7 Å². The summed E-state index contributed by atoms with van der Waals surface area (Å²) < 4.78 is 13.1. The number of aromatic nitrogens is 2. The first-order valence-corrected chi connectivity index (χ1v) is 11.8. The molecule has 184 valence electrons. The molecule has 1 aliphatic rings. The number of para-hydroxylation sites is 1. The van der Waals surface area contributed by atoms with E-state index in [0.717, 1.165) is 5.75 Å². The summed E-state index contributed by atoms with van der Waals surface area (Å²) in [6, 6.07) is 16.6. The van der Waals surface area contributed by atoms with Gasteiger partial charge >= 0.3 is 12.1 Å². The Morgan fingerprint density at radius 3 is 2.31 bits per heavy atom. The lowest BCUT2D eigenvalue weighted by Crippen LogP contribution is -2.35. The fourth-order valence-electron chi connectivity index (χ4n) is 4.28. The molecule has 3 aromatic rings. The largest absolute Gasteiger partial charge is 0.478 e. The van der Waals surface area contributed by atoms with Crippen LogP contribution < -0.4 is 4.74 Å². The van der Waals surface area contributed by atoms with Crippen LogP contribution in [0.5, 0.6) is 11.5 Å². The van der Waals surface area contributed by atoms with Crippen LogP contribution in [0.25, 0.3) is 11.3 Å². The van der Waals surface area contributed by atoms with Gasteiger partial charge in [0.1, 0.15) is 28.4 Å². The van der Waals surface area contributed by atoms with Gasteiger partial charge in [0.15, 0.2) is 0 Å². The monoisotopic (exact) mass is 477 g/mol. The van der Waals surface area contributed by atoms with Gasteiger partial charge in [-0.05, 0) is 70.0 Å². The predicted octanol–water partition coefficient (Wildman–Crippen LogP) is 5.78. The molecule has 8 heteroatoms. The van der Waals surface area contributed by atoms with Crippen LogP contribution in [0.15, 0.2) is 54.6 Å². The molecule has 4 rings (SSSR count). The second kappa shape index (κ2) is 9.82. The Hall–Kier alpha value is -3.81. The number of nitrogens with zero attached hydrogens (tertiary/aromatic N) is 3. The third kappa shape index (κ3) is 5.48. The smallest absolute Gasteiger partial charge is 0.410 e. The molecule has 1 aromatic heterocycles. The molecule has 0 aliphatic carbocycles. The van der Waals surface area contributed by atoms with Gasteiger partial charge in [-0.25, -0.2) is 9.59 Å². The van der Waals surface area contributed by atoms with Gasteiger partial charge in [0, 0.05) is 18.7 Å². The highest BCUT2D eigenvalue weighted by Gasteiger charge is 2.34. The SMILES string of the molecule is CCc1c(C(=O)O)c(-c2ccc(Oc3ccccc3)cc2)nn1[C@H]1CCN(C(=O)OC(C)(C)C)C1. The number of aromatic carboxylic acids is 1. The van der Waals surface area contributed by atoms with E-state index in [1.807, 2.05) is 70.2 Å². The number of ether oxygens (including phenoxy) is 2. The molecule has 0 bridgehead atoms. The van der Waals surface area contributed by atoms with Crippen molar-refractivity contribution in [3.8, 4) is 22.8 Å². The fraction of sp³-hybridized carbons (Fsp3) is 0.370. The zero-order chi connectivity index (χ0) is 25.2. The van der Waals surface area contributed by atoms with Crippen LogP contribution in [-0.2, 0) is 11.2 Å². The van der Waals surface area contributed by atoms with Crippen molar-refractivity contribution in [3.05, 3.63) is 65.9 Å². The number of likely N-dealkylation sites (tertiary alicyclic amines) is 1. The van der Waals surface area contributed by atoms with Gasteiger partial charge < -0.3 is 19.5 Å². The molecular formula is C27H31N3O5. The third-order valence-corrected chi connectivity index (χ3v) is 5.83. The highest BCUT2D eigenvalue weighted by Crippen LogP contribution is 2.33. The van der Waals surface area contributed by atoms with E-state index in [2.05, 4.69) is 0 Å². The zero-order valence-corrected chi connectivity index (χ0v) is 20.5. The zero-order valence-electron chi connectivity index (χ0n) is 20.5. The molecule has 8 nitrogen and oxygen atoms in total. The number of carboxylic acids is 1. The molecule has 1 amide bonds. The molecule has 35 heavy (non-hydrogen) atoms. The lowest BCUT2D eigenvalue weighted by molar-refractivity contribution is 0.0287. The van der Waals surface area contributed by atoms with Crippen LogP contribution in [0.2, 0.25) is 0 Å². The number of carboxylic acid groups (broad SMARTS) is 1. The Balaban J connectivity index is 1.60. The van der Waals surface area contributed by atoms with Gasteiger partial charge in [-0.15, -0.1) is 0 Å². The molecule has 2 aromatic carbocycles. The molecule has 1 aliphatic heterocycles. The first-order valence-electron chi connectivity index (χ1n) is 11.8. The maximum Gasteiger partial charge on any atom is 0.410 e. The summed E-state index contributed by atoms with van der Waals surface area (Å²) in [4.78, 5) is 26.5. The Morgan fingerprint density at radius 1 is 1.06 bits per heavy atom. The minimum absolute atomic E-state index is 0.120. The molecule has 1 atom stereocenters. The molecule has 0 saturated carbocycles. The van der Waals surface area contributed by atoms with E-state index in [-0.39, 0.29) is 17.7 Å². The summed E-state index contributed by atoms with van der Waals surface area (Å²) in [5.74, 6) is 0.352. The second-order valence-corrected chi connectivity index (χ2v) is 9.58. The fourth-order valence-corrected chi connectivity index (χ4v) is 4.28. The molecule has 1 saturated heterocycles. The van der Waals surface area contributed by atoms with Crippen LogP contribution >= 0.6 is 0 Å². The van der Waals surface area contributed by atoms with E-state index in [4.69, 9.17) is 14.6 Å². The summed E-state index contributed by atoms with van der Waals surface area (Å²) in [5.41, 5.74) is 1.37. The topological polar surface area (TPSA) is 93.9 Å². The number of carbonyl (C=O) groups excluding carboxylic acids is 1. The summed E-state index contributed by atoms with van der Waals surface area (Å²) >= 11 is 0. The first-order chi connectivity index (χ1) is 16.7. The van der Waals surface area contributed by atoms with Crippen molar-refractivity contribution in [2.24, 2.45) is 0 Å². The van der Waals surface area contributed by atoms with Gasteiger partial charge in [-0.3, -0.25) is 4.68 Å². The molecule has 1 N–H and O–H groups in total. The number of carbonyl (C=O) groups is 2. The predicted molar refractivity (Wildman–Crippen MR) is 132 cm³/mol. The van der Waals surface area contributed by atoms with Gasteiger partial charge in [0.2, 0.25) is 0 Å². The normalized spacial score (nSPS) is 15.8. The van der Waals surface area contributed by atoms with Crippen LogP contribution in [-0.4, -0.2) is 50.5 Å². The maximum absolute atomic E-state index is 12.5. The van der Waals surface area contributed by atoms with Crippen LogP contribution in [0.3, 0.4) is 0 Å². The van der Waals surface area contributed by atoms with E-state index >= 15 is 0 Å². The molecule has 2 heterocycles. The quantitative estimate of drug-likeness (QED) is 0.483. The average Bonchev–Trinajstić information content (AvgIpc) is 3.44. The summed E-state index contributed by atoms with van der Waals surface area (Å²) in [6.07, 6.45) is 0.821. The Bertz CT molecular complexity index is 1200.